The first-order valence-corrected chi connectivity index (χ1v) is 22.4. The lowest BCUT2D eigenvalue weighted by atomic mass is 9.47. The number of methoxy groups -OCH3 is 3. The monoisotopic (exact) mass is 956 g/mol. The molecule has 2 bridgehead atoms. The first kappa shape index (κ1) is 42.5. The predicted molar refractivity (Wildman–Crippen MR) is 232 cm³/mol. The van der Waals surface area contributed by atoms with E-state index >= 15 is 13.6 Å². The molecule has 2 N–H and O–H groups in total. The summed E-state index contributed by atoms with van der Waals surface area (Å²) in [5, 5.41) is 14.3. The van der Waals surface area contributed by atoms with Gasteiger partial charge in [0.05, 0.1) is 27.4 Å². The minimum Gasteiger partial charge on any atom is -0.496 e. The van der Waals surface area contributed by atoms with Gasteiger partial charge in [0.2, 0.25) is 11.5 Å². The minimum atomic E-state index is -2.93. The molecular formula is C46H55F2IN4O8. The standard InChI is InChI=1S/C46H55F2IN4O8/c1-8-43-13-9-15-53-17-14-44(37(43)53)31-20-32(35(58-5)21-34(31)51(4)38(44)46(57,41(56)60-7)39(43)61-25(2)54)45(40(55)59-6)22-26-18-27(42(3,47)48)24-52(23-26)16-12-29-30-19-28(49)10-11-33(30)50-36(29)45/h9-11,13,19-21,26-27,37-39,50,57H,8,12,14-18,22-24H2,1-7H3/t26?,27?,37?,38?,39-,43-,44?,45-,46+/m0/s1. The third-order valence-electron chi connectivity index (χ3n) is 15.6. The number of fused-ring (bicyclic) bond motifs is 6. The van der Waals surface area contributed by atoms with Crippen LogP contribution < -0.4 is 9.64 Å². The summed E-state index contributed by atoms with van der Waals surface area (Å²) in [5.41, 5.74) is -1.53. The van der Waals surface area contributed by atoms with Gasteiger partial charge >= 0.3 is 17.9 Å². The van der Waals surface area contributed by atoms with E-state index < -0.39 is 63.7 Å². The van der Waals surface area contributed by atoms with Crippen LogP contribution in [-0.4, -0.2) is 129 Å². The zero-order valence-electron chi connectivity index (χ0n) is 35.8. The van der Waals surface area contributed by atoms with Crippen LogP contribution >= 0.6 is 22.6 Å². The second-order valence-electron chi connectivity index (χ2n) is 18.5. The van der Waals surface area contributed by atoms with E-state index in [0.717, 1.165) is 32.5 Å². The highest BCUT2D eigenvalue weighted by Gasteiger charge is 2.80. The number of likely N-dealkylation sites (N-methyl/N-ethyl adjacent to an activating group) is 1. The third kappa shape index (κ3) is 5.77. The predicted octanol–water partition coefficient (Wildman–Crippen LogP) is 5.73. The highest BCUT2D eigenvalue weighted by molar-refractivity contribution is 14.1. The Balaban J connectivity index is 1.36. The van der Waals surface area contributed by atoms with E-state index in [9.17, 15) is 14.7 Å². The van der Waals surface area contributed by atoms with E-state index in [1.54, 1.807) is 7.11 Å². The molecule has 6 aliphatic rings. The smallest absolute Gasteiger partial charge is 0.344 e. The number of piperidine rings is 1. The molecule has 1 aromatic heterocycles. The number of carbonyl (C=O) groups excluding carboxylic acids is 3. The number of alkyl halides is 2. The van der Waals surface area contributed by atoms with Crippen molar-refractivity contribution < 1.29 is 47.2 Å². The van der Waals surface area contributed by atoms with Crippen LogP contribution in [0.4, 0.5) is 14.5 Å². The number of aromatic amines is 1. The van der Waals surface area contributed by atoms with Crippen molar-refractivity contribution in [1.29, 1.82) is 0 Å². The van der Waals surface area contributed by atoms with Gasteiger partial charge in [-0.25, -0.2) is 13.6 Å². The number of hydrogen-bond donors (Lipinski definition) is 2. The van der Waals surface area contributed by atoms with E-state index in [0.29, 0.717) is 68.1 Å². The van der Waals surface area contributed by atoms with Gasteiger partial charge in [-0.05, 0) is 109 Å². The Morgan fingerprint density at radius 3 is 2.46 bits per heavy atom. The Bertz CT molecular complexity index is 2350. The molecule has 328 valence electrons. The summed E-state index contributed by atoms with van der Waals surface area (Å²) in [4.78, 5) is 52.8. The SMILES string of the molecule is CC[C@@]12C=CCN3CCC4(c5cc([C@@]6(C(=O)OC)CC7CC(C(C)(F)F)CN(CCc8c6[nH]c6ccc(I)cc86)C7)c(OC)cc5N(C)C4[C@](O)(C(=O)OC)[C@H]1OC(C)=O)C32. The quantitative estimate of drug-likeness (QED) is 0.130. The molecule has 2 aromatic carbocycles. The second kappa shape index (κ2) is 14.6. The van der Waals surface area contributed by atoms with Crippen LogP contribution in [0.3, 0.4) is 0 Å². The van der Waals surface area contributed by atoms with Gasteiger partial charge in [-0.1, -0.05) is 19.1 Å². The molecule has 1 aliphatic carbocycles. The Kier molecular flexibility index (Phi) is 10.2. The average molecular weight is 957 g/mol. The molecule has 2 saturated heterocycles. The first-order valence-electron chi connectivity index (χ1n) is 21.3. The molecule has 5 aliphatic heterocycles. The van der Waals surface area contributed by atoms with Crippen molar-refractivity contribution in [3.05, 3.63) is 68.4 Å². The average Bonchev–Trinajstić information content (AvgIpc) is 3.89. The number of nitrogens with zero attached hydrogens (tertiary/aromatic N) is 3. The maximum atomic E-state index is 15.4. The fourth-order valence-electron chi connectivity index (χ4n) is 13.5. The van der Waals surface area contributed by atoms with Crippen molar-refractivity contribution in [2.24, 2.45) is 17.3 Å². The van der Waals surface area contributed by atoms with E-state index in [1.807, 2.05) is 55.3 Å². The normalized spacial score (nSPS) is 35.2. The van der Waals surface area contributed by atoms with Crippen LogP contribution in [0, 0.1) is 20.8 Å². The topological polar surface area (TPSA) is 134 Å². The Morgan fingerprint density at radius 2 is 1.79 bits per heavy atom. The molecular weight excluding hydrogens is 901 g/mol. The van der Waals surface area contributed by atoms with Crippen molar-refractivity contribution in [2.75, 3.05) is 66.0 Å². The van der Waals surface area contributed by atoms with Crippen molar-refractivity contribution >= 4 is 57.1 Å². The van der Waals surface area contributed by atoms with Crippen LogP contribution in [-0.2, 0) is 45.8 Å². The van der Waals surface area contributed by atoms with Gasteiger partial charge in [0.25, 0.3) is 0 Å². The highest BCUT2D eigenvalue weighted by Crippen LogP contribution is 2.68. The number of carbonyl (C=O) groups is 3. The summed E-state index contributed by atoms with van der Waals surface area (Å²) in [7, 11) is 5.96. The molecule has 3 aromatic rings. The lowest BCUT2D eigenvalue weighted by Gasteiger charge is -2.63. The number of halogens is 3. The number of hydrogen-bond acceptors (Lipinski definition) is 11. The van der Waals surface area contributed by atoms with Gasteiger partial charge < -0.3 is 38.8 Å². The van der Waals surface area contributed by atoms with Gasteiger partial charge in [0, 0.05) is 100 Å². The summed E-state index contributed by atoms with van der Waals surface area (Å²) in [5.74, 6) is -5.92. The summed E-state index contributed by atoms with van der Waals surface area (Å²) < 4.78 is 55.6. The molecule has 10 atom stereocenters. The van der Waals surface area contributed by atoms with Gasteiger partial charge in [-0.3, -0.25) is 14.5 Å². The van der Waals surface area contributed by atoms with Crippen LogP contribution in [0.1, 0.15) is 68.8 Å². The fraction of sp³-hybridized carbons (Fsp3) is 0.587. The molecule has 3 fully saturated rings. The van der Waals surface area contributed by atoms with Crippen molar-refractivity contribution in [2.45, 2.75) is 93.4 Å². The van der Waals surface area contributed by atoms with Crippen LogP contribution in [0.15, 0.2) is 42.5 Å². The molecule has 15 heteroatoms. The largest absolute Gasteiger partial charge is 0.496 e. The van der Waals surface area contributed by atoms with E-state index in [4.69, 9.17) is 18.9 Å². The molecule has 61 heavy (non-hydrogen) atoms. The molecule has 0 radical (unpaired) electrons. The van der Waals surface area contributed by atoms with Crippen LogP contribution in [0.25, 0.3) is 10.9 Å². The molecule has 9 rings (SSSR count). The number of aliphatic hydroxyl groups is 1. The van der Waals surface area contributed by atoms with Crippen molar-refractivity contribution in [3.63, 3.8) is 0 Å². The number of anilines is 1. The van der Waals surface area contributed by atoms with Gasteiger partial charge in [0.1, 0.15) is 11.2 Å². The van der Waals surface area contributed by atoms with Crippen LogP contribution in [0.2, 0.25) is 0 Å². The van der Waals surface area contributed by atoms with Crippen LogP contribution in [0.5, 0.6) is 5.75 Å². The fourth-order valence-corrected chi connectivity index (χ4v) is 13.9. The Morgan fingerprint density at radius 1 is 1.03 bits per heavy atom. The minimum absolute atomic E-state index is 0.152. The molecule has 0 amide bonds. The van der Waals surface area contributed by atoms with Gasteiger partial charge in [0.15, 0.2) is 6.10 Å². The Hall–Kier alpha value is -3.80. The molecule has 1 saturated carbocycles. The summed E-state index contributed by atoms with van der Waals surface area (Å²) in [6, 6.07) is 8.67. The van der Waals surface area contributed by atoms with Crippen molar-refractivity contribution in [1.82, 2.24) is 14.8 Å². The summed E-state index contributed by atoms with van der Waals surface area (Å²) >= 11 is 2.29. The summed E-state index contributed by atoms with van der Waals surface area (Å²) in [6.45, 7) is 6.79. The maximum absolute atomic E-state index is 15.4. The van der Waals surface area contributed by atoms with E-state index in [2.05, 4.69) is 43.4 Å². The molecule has 12 nitrogen and oxygen atoms in total. The van der Waals surface area contributed by atoms with E-state index in [-0.39, 0.29) is 31.3 Å². The van der Waals surface area contributed by atoms with E-state index in [1.165, 1.54) is 21.1 Å². The first-order chi connectivity index (χ1) is 29.0. The maximum Gasteiger partial charge on any atom is 0.344 e. The van der Waals surface area contributed by atoms with Crippen molar-refractivity contribution in [3.8, 4) is 5.75 Å². The van der Waals surface area contributed by atoms with Gasteiger partial charge in [-0.15, -0.1) is 0 Å². The highest BCUT2D eigenvalue weighted by atomic mass is 127. The molecule has 6 unspecified atom stereocenters. The molecule has 6 heterocycles. The third-order valence-corrected chi connectivity index (χ3v) is 16.3. The molecule has 1 spiro atoms. The number of aromatic nitrogens is 1. The number of benzene rings is 2. The number of ether oxygens (including phenoxy) is 4. The summed E-state index contributed by atoms with van der Waals surface area (Å²) in [6.07, 6.45) is 4.53. The Labute approximate surface area is 368 Å². The second-order valence-corrected chi connectivity index (χ2v) is 19.7. The zero-order chi connectivity index (χ0) is 43.6. The number of nitrogens with one attached hydrogen (secondary N) is 1. The zero-order valence-corrected chi connectivity index (χ0v) is 37.9. The number of rotatable bonds is 7. The lowest BCUT2D eigenvalue weighted by molar-refractivity contribution is -0.228. The number of esters is 3. The lowest BCUT2D eigenvalue weighted by Crippen LogP contribution is -2.81. The van der Waals surface area contributed by atoms with Gasteiger partial charge in [-0.2, -0.15) is 0 Å². The number of H-pyrrole nitrogens is 1.